The molecule has 0 radical (unpaired) electrons. The molecule has 8 nitrogen and oxygen atoms in total. The first-order valence-corrected chi connectivity index (χ1v) is 11.8. The molecule has 1 unspecified atom stereocenters. The van der Waals surface area contributed by atoms with Gasteiger partial charge in [0, 0.05) is 50.6 Å². The van der Waals surface area contributed by atoms with Gasteiger partial charge in [-0.1, -0.05) is 0 Å². The van der Waals surface area contributed by atoms with Crippen LogP contribution in [0.3, 0.4) is 0 Å². The van der Waals surface area contributed by atoms with Gasteiger partial charge in [0.15, 0.2) is 6.29 Å². The van der Waals surface area contributed by atoms with E-state index < -0.39 is 29.9 Å². The number of hydrogen-bond donors (Lipinski definition) is 2. The molecule has 0 aromatic carbocycles. The van der Waals surface area contributed by atoms with E-state index in [1.165, 1.54) is 18.3 Å². The number of anilines is 2. The summed E-state index contributed by atoms with van der Waals surface area (Å²) in [5, 5.41) is 6.42. The van der Waals surface area contributed by atoms with Crippen molar-refractivity contribution in [1.82, 2.24) is 20.2 Å². The second-order valence-electron chi connectivity index (χ2n) is 8.84. The lowest BCUT2D eigenvalue weighted by atomic mass is 10.1. The van der Waals surface area contributed by atoms with Gasteiger partial charge >= 0.3 is 12.4 Å². The zero-order valence-electron chi connectivity index (χ0n) is 20.7. The Morgan fingerprint density at radius 3 is 2.50 bits per heavy atom. The van der Waals surface area contributed by atoms with Crippen LogP contribution in [0.1, 0.15) is 24.1 Å². The summed E-state index contributed by atoms with van der Waals surface area (Å²) in [6, 6.07) is 4.39. The fourth-order valence-corrected chi connectivity index (χ4v) is 4.24. The summed E-state index contributed by atoms with van der Waals surface area (Å²) in [4.78, 5) is 15.7. The molecule has 4 heterocycles. The van der Waals surface area contributed by atoms with Crippen LogP contribution in [0.5, 0.6) is 0 Å². The van der Waals surface area contributed by atoms with E-state index in [0.717, 1.165) is 29.6 Å². The van der Waals surface area contributed by atoms with Gasteiger partial charge in [-0.25, -0.2) is 15.0 Å². The smallest absolute Gasteiger partial charge is 0.383 e. The third kappa shape index (κ3) is 6.35. The van der Waals surface area contributed by atoms with Crippen molar-refractivity contribution < 1.29 is 31.1 Å². The van der Waals surface area contributed by atoms with Crippen LogP contribution in [0.25, 0.3) is 0 Å². The number of pyridine rings is 2. The van der Waals surface area contributed by atoms with Gasteiger partial charge in [-0.3, -0.25) is 4.90 Å². The molecule has 2 aliphatic heterocycles. The minimum atomic E-state index is -4.57. The Labute approximate surface area is 215 Å². The normalized spacial score (nSPS) is 18.6. The minimum absolute atomic E-state index is 0.146. The maximum absolute atomic E-state index is 13.6. The number of likely N-dealkylation sites (N-methyl/N-ethyl adjacent to an activating group) is 1. The SMILES string of the molecule is COCCN(C)C1N=C(Nc2ccc(C(F)(F)F)nc2)C2=C(CCN(c3ncccc3C(F)(F)F)CC2)N1. The van der Waals surface area contributed by atoms with Gasteiger partial charge in [-0.05, 0) is 37.7 Å². The molecule has 14 heteroatoms. The Hall–Kier alpha value is -3.39. The number of amidine groups is 1. The molecule has 0 fully saturated rings. The second kappa shape index (κ2) is 11.2. The van der Waals surface area contributed by atoms with Gasteiger partial charge in [-0.2, -0.15) is 26.3 Å². The summed E-state index contributed by atoms with van der Waals surface area (Å²) in [6.07, 6.45) is -6.55. The fraction of sp³-hybridized carbons (Fsp3) is 0.458. The molecule has 38 heavy (non-hydrogen) atoms. The van der Waals surface area contributed by atoms with Crippen molar-refractivity contribution in [2.24, 2.45) is 4.99 Å². The molecule has 0 amide bonds. The Morgan fingerprint density at radius 1 is 1.08 bits per heavy atom. The number of nitrogens with one attached hydrogen (secondary N) is 2. The summed E-state index contributed by atoms with van der Waals surface area (Å²) in [7, 11) is 3.40. The van der Waals surface area contributed by atoms with E-state index in [0.29, 0.717) is 37.5 Å². The van der Waals surface area contributed by atoms with Crippen molar-refractivity contribution in [3.05, 3.63) is 59.2 Å². The molecule has 1 atom stereocenters. The predicted octanol–water partition coefficient (Wildman–Crippen LogP) is 4.34. The number of aromatic nitrogens is 2. The molecular formula is C24H27F6N7O. The molecule has 0 aliphatic carbocycles. The van der Waals surface area contributed by atoms with Crippen molar-refractivity contribution >= 4 is 17.3 Å². The molecule has 0 saturated heterocycles. The average molecular weight is 544 g/mol. The standard InChI is InChI=1S/C24H27F6N7O/c1-36(12-13-38-2)22-34-18-8-11-37(21-17(23(25,26)27)4-3-9-31-21)10-7-16(18)20(35-22)33-15-5-6-19(32-14-15)24(28,29)30/h3-6,9,14,22,34H,7-8,10-13H2,1-2H3,(H,33,35). The number of alkyl halides is 6. The van der Waals surface area contributed by atoms with E-state index >= 15 is 0 Å². The van der Waals surface area contributed by atoms with Crippen LogP contribution in [0.4, 0.5) is 37.8 Å². The molecule has 0 bridgehead atoms. The highest BCUT2D eigenvalue weighted by Crippen LogP contribution is 2.36. The summed E-state index contributed by atoms with van der Waals surface area (Å²) in [5.74, 6) is 0.264. The third-order valence-electron chi connectivity index (χ3n) is 6.24. The van der Waals surface area contributed by atoms with Gasteiger partial charge in [0.25, 0.3) is 0 Å². The zero-order valence-corrected chi connectivity index (χ0v) is 20.7. The second-order valence-corrected chi connectivity index (χ2v) is 8.84. The summed E-state index contributed by atoms with van der Waals surface area (Å²) < 4.78 is 84.9. The van der Waals surface area contributed by atoms with Crippen LogP contribution in [0.2, 0.25) is 0 Å². The van der Waals surface area contributed by atoms with Gasteiger partial charge in [-0.15, -0.1) is 0 Å². The number of nitrogens with zero attached hydrogens (tertiary/aromatic N) is 5. The Morgan fingerprint density at radius 2 is 1.84 bits per heavy atom. The molecule has 0 saturated carbocycles. The molecule has 206 valence electrons. The average Bonchev–Trinajstić information content (AvgIpc) is 3.09. The third-order valence-corrected chi connectivity index (χ3v) is 6.24. The first kappa shape index (κ1) is 27.6. The first-order chi connectivity index (χ1) is 18.0. The molecular weight excluding hydrogens is 516 g/mol. The van der Waals surface area contributed by atoms with Crippen LogP contribution < -0.4 is 15.5 Å². The number of halogens is 6. The zero-order chi connectivity index (χ0) is 27.5. The summed E-state index contributed by atoms with van der Waals surface area (Å²) in [5.41, 5.74) is -0.0212. The maximum Gasteiger partial charge on any atom is 0.433 e. The number of hydrogen-bond acceptors (Lipinski definition) is 8. The molecule has 2 N–H and O–H groups in total. The van der Waals surface area contributed by atoms with Crippen LogP contribution >= 0.6 is 0 Å². The maximum atomic E-state index is 13.6. The van der Waals surface area contributed by atoms with Gasteiger partial charge in [0.2, 0.25) is 0 Å². The first-order valence-electron chi connectivity index (χ1n) is 11.8. The highest BCUT2D eigenvalue weighted by Gasteiger charge is 2.37. The Bertz CT molecular complexity index is 1180. The minimum Gasteiger partial charge on any atom is -0.383 e. The Balaban J connectivity index is 1.61. The van der Waals surface area contributed by atoms with Crippen LogP contribution in [-0.2, 0) is 17.1 Å². The van der Waals surface area contributed by atoms with Gasteiger partial charge in [0.05, 0.1) is 24.1 Å². The van der Waals surface area contributed by atoms with Crippen LogP contribution in [-0.4, -0.2) is 67.4 Å². The summed E-state index contributed by atoms with van der Waals surface area (Å²) >= 11 is 0. The fourth-order valence-electron chi connectivity index (χ4n) is 4.24. The topological polar surface area (TPSA) is 77.9 Å². The monoisotopic (exact) mass is 543 g/mol. The summed E-state index contributed by atoms with van der Waals surface area (Å²) in [6.45, 7) is 1.48. The predicted molar refractivity (Wildman–Crippen MR) is 129 cm³/mol. The van der Waals surface area contributed by atoms with Crippen molar-refractivity contribution in [3.63, 3.8) is 0 Å². The Kier molecular flexibility index (Phi) is 8.11. The van der Waals surface area contributed by atoms with E-state index in [4.69, 9.17) is 9.73 Å². The highest BCUT2D eigenvalue weighted by atomic mass is 19.4. The van der Waals surface area contributed by atoms with Gasteiger partial charge < -0.3 is 20.3 Å². The van der Waals surface area contributed by atoms with E-state index in [9.17, 15) is 26.3 Å². The van der Waals surface area contributed by atoms with Crippen molar-refractivity contribution in [1.29, 1.82) is 0 Å². The van der Waals surface area contributed by atoms with Crippen LogP contribution in [0, 0.1) is 0 Å². The molecule has 2 aromatic rings. The van der Waals surface area contributed by atoms with E-state index in [-0.39, 0.29) is 18.9 Å². The quantitative estimate of drug-likeness (QED) is 0.525. The van der Waals surface area contributed by atoms with E-state index in [1.54, 1.807) is 12.0 Å². The van der Waals surface area contributed by atoms with Crippen molar-refractivity contribution in [2.75, 3.05) is 50.6 Å². The number of aliphatic imine (C=N–C) groups is 1. The lowest BCUT2D eigenvalue weighted by Crippen LogP contribution is -2.47. The molecule has 2 aromatic heterocycles. The van der Waals surface area contributed by atoms with E-state index in [1.807, 2.05) is 11.9 Å². The van der Waals surface area contributed by atoms with E-state index in [2.05, 4.69) is 20.6 Å². The van der Waals surface area contributed by atoms with Gasteiger partial charge in [0.1, 0.15) is 17.3 Å². The highest BCUT2D eigenvalue weighted by molar-refractivity contribution is 6.09. The largest absolute Gasteiger partial charge is 0.433 e. The number of methoxy groups -OCH3 is 1. The number of rotatable bonds is 6. The lowest BCUT2D eigenvalue weighted by Gasteiger charge is -2.33. The van der Waals surface area contributed by atoms with Crippen LogP contribution in [0.15, 0.2) is 52.9 Å². The lowest BCUT2D eigenvalue weighted by molar-refractivity contribution is -0.141. The molecule has 2 aliphatic rings. The molecule has 4 rings (SSSR count). The van der Waals surface area contributed by atoms with Crippen molar-refractivity contribution in [2.45, 2.75) is 31.5 Å². The van der Waals surface area contributed by atoms with Crippen molar-refractivity contribution in [3.8, 4) is 0 Å². The number of ether oxygens (including phenoxy) is 1. The molecule has 0 spiro atoms.